The Bertz CT molecular complexity index is 810. The van der Waals surface area contributed by atoms with Crippen molar-refractivity contribution in [1.29, 1.82) is 0 Å². The zero-order valence-electron chi connectivity index (χ0n) is 15.7. The fraction of sp³-hybridized carbons (Fsp3) is 0.368. The van der Waals surface area contributed by atoms with E-state index < -0.39 is 18.0 Å². The Morgan fingerprint density at radius 1 is 1.22 bits per heavy atom. The number of Topliss-reactive ketones (excluding diaryl/α,β-unsaturated/α-hetero) is 1. The van der Waals surface area contributed by atoms with E-state index in [2.05, 4.69) is 10.5 Å². The maximum atomic E-state index is 12.1. The van der Waals surface area contributed by atoms with Gasteiger partial charge >= 0.3 is 5.97 Å². The highest BCUT2D eigenvalue weighted by molar-refractivity contribution is 7.99. The Morgan fingerprint density at radius 3 is 2.44 bits per heavy atom. The molecule has 8 heteroatoms. The summed E-state index contributed by atoms with van der Waals surface area (Å²) in [5.41, 5.74) is 2.85. The summed E-state index contributed by atoms with van der Waals surface area (Å²) in [5, 5.41) is 6.52. The van der Waals surface area contributed by atoms with Gasteiger partial charge in [0.2, 0.25) is 0 Å². The maximum Gasteiger partial charge on any atom is 0.316 e. The van der Waals surface area contributed by atoms with Crippen LogP contribution in [0.1, 0.15) is 41.2 Å². The molecule has 0 fully saturated rings. The first kappa shape index (κ1) is 20.7. The Morgan fingerprint density at radius 2 is 1.89 bits per heavy atom. The third-order valence-corrected chi connectivity index (χ3v) is 4.82. The van der Waals surface area contributed by atoms with Gasteiger partial charge in [0, 0.05) is 22.6 Å². The fourth-order valence-corrected chi connectivity index (χ4v) is 3.21. The molecule has 0 aliphatic heterocycles. The number of ketones is 1. The fourth-order valence-electron chi connectivity index (χ4n) is 2.26. The number of carbonyl (C=O) groups is 3. The summed E-state index contributed by atoms with van der Waals surface area (Å²) in [6.45, 7) is 6.65. The van der Waals surface area contributed by atoms with Crippen molar-refractivity contribution < 1.29 is 23.6 Å². The highest BCUT2D eigenvalue weighted by Crippen LogP contribution is 2.19. The molecule has 0 aliphatic rings. The van der Waals surface area contributed by atoms with Crippen molar-refractivity contribution >= 4 is 35.1 Å². The van der Waals surface area contributed by atoms with Gasteiger partial charge in [-0.1, -0.05) is 5.16 Å². The lowest BCUT2D eigenvalue weighted by molar-refractivity contribution is -0.150. The number of esters is 1. The number of hydrogen-bond acceptors (Lipinski definition) is 7. The van der Waals surface area contributed by atoms with Crippen LogP contribution >= 0.6 is 11.8 Å². The largest absolute Gasteiger partial charge is 0.452 e. The van der Waals surface area contributed by atoms with Crippen LogP contribution in [-0.4, -0.2) is 34.7 Å². The molecular formula is C19H22N2O5S. The highest BCUT2D eigenvalue weighted by Gasteiger charge is 2.18. The molecule has 0 unspecified atom stereocenters. The number of hydrogen-bond donors (Lipinski definition) is 1. The van der Waals surface area contributed by atoms with Crippen LogP contribution in [0.15, 0.2) is 28.8 Å². The van der Waals surface area contributed by atoms with Crippen LogP contribution in [0.4, 0.5) is 5.69 Å². The molecule has 0 saturated heterocycles. The zero-order valence-corrected chi connectivity index (χ0v) is 16.5. The Kier molecular flexibility index (Phi) is 7.18. The topological polar surface area (TPSA) is 98.5 Å². The second-order valence-electron chi connectivity index (χ2n) is 6.05. The molecular weight excluding hydrogens is 368 g/mol. The van der Waals surface area contributed by atoms with E-state index in [1.165, 1.54) is 25.6 Å². The zero-order chi connectivity index (χ0) is 20.0. The quantitative estimate of drug-likeness (QED) is 0.545. The summed E-state index contributed by atoms with van der Waals surface area (Å²) in [6, 6.07) is 6.51. The molecule has 0 bridgehead atoms. The number of nitrogens with zero attached hydrogens (tertiary/aromatic N) is 1. The molecule has 1 heterocycles. The molecule has 1 aromatic carbocycles. The molecule has 0 radical (unpaired) electrons. The van der Waals surface area contributed by atoms with E-state index in [0.717, 1.165) is 17.0 Å². The third kappa shape index (κ3) is 5.96. The van der Waals surface area contributed by atoms with Crippen molar-refractivity contribution in [2.75, 3.05) is 11.1 Å². The SMILES string of the molecule is CC(=O)c1ccc(NC(=O)[C@@H](C)OC(=O)CSCc2c(C)noc2C)cc1. The standard InChI is InChI=1S/C19H22N2O5S/c1-11-17(13(3)26-21-11)9-27-10-18(23)25-14(4)19(24)20-16-7-5-15(6-8-16)12(2)22/h5-8,14H,9-10H2,1-4H3,(H,20,24)/t14-/m1/s1. The number of aryl methyl sites for hydroxylation is 2. The van der Waals surface area contributed by atoms with Crippen molar-refractivity contribution in [2.45, 2.75) is 39.6 Å². The normalized spacial score (nSPS) is 11.7. The van der Waals surface area contributed by atoms with Gasteiger partial charge in [-0.3, -0.25) is 14.4 Å². The summed E-state index contributed by atoms with van der Waals surface area (Å²) in [7, 11) is 0. The number of amides is 1. The summed E-state index contributed by atoms with van der Waals surface area (Å²) in [4.78, 5) is 35.3. The number of carbonyl (C=O) groups excluding carboxylic acids is 3. The van der Waals surface area contributed by atoms with Crippen molar-refractivity contribution in [1.82, 2.24) is 5.16 Å². The third-order valence-electron chi connectivity index (χ3n) is 3.88. The van der Waals surface area contributed by atoms with E-state index in [0.29, 0.717) is 17.0 Å². The van der Waals surface area contributed by atoms with Gasteiger partial charge in [0.1, 0.15) is 5.76 Å². The predicted octanol–water partition coefficient (Wildman–Crippen LogP) is 3.30. The van der Waals surface area contributed by atoms with E-state index in [4.69, 9.17) is 9.26 Å². The minimum absolute atomic E-state index is 0.0516. The van der Waals surface area contributed by atoms with Gasteiger partial charge in [0.05, 0.1) is 11.4 Å². The van der Waals surface area contributed by atoms with Gasteiger partial charge in [-0.25, -0.2) is 0 Å². The molecule has 144 valence electrons. The average molecular weight is 390 g/mol. The molecule has 2 aromatic rings. The van der Waals surface area contributed by atoms with Crippen LogP contribution in [0.25, 0.3) is 0 Å². The molecule has 7 nitrogen and oxygen atoms in total. The van der Waals surface area contributed by atoms with E-state index in [1.807, 2.05) is 13.8 Å². The first-order valence-electron chi connectivity index (χ1n) is 8.38. The molecule has 1 aromatic heterocycles. The van der Waals surface area contributed by atoms with Crippen LogP contribution in [0.5, 0.6) is 0 Å². The van der Waals surface area contributed by atoms with Crippen molar-refractivity contribution in [3.8, 4) is 0 Å². The summed E-state index contributed by atoms with van der Waals surface area (Å²) >= 11 is 1.37. The Labute approximate surface area is 161 Å². The van der Waals surface area contributed by atoms with Gasteiger partial charge < -0.3 is 14.6 Å². The van der Waals surface area contributed by atoms with Crippen LogP contribution < -0.4 is 5.32 Å². The first-order valence-corrected chi connectivity index (χ1v) is 9.54. The lowest BCUT2D eigenvalue weighted by atomic mass is 10.1. The lowest BCUT2D eigenvalue weighted by Gasteiger charge is -2.13. The number of ether oxygens (including phenoxy) is 1. The molecule has 0 spiro atoms. The van der Waals surface area contributed by atoms with E-state index in [1.54, 1.807) is 24.3 Å². The molecule has 0 aliphatic carbocycles. The van der Waals surface area contributed by atoms with Crippen molar-refractivity contribution in [3.05, 3.63) is 46.8 Å². The number of aromatic nitrogens is 1. The van der Waals surface area contributed by atoms with Gasteiger partial charge in [0.25, 0.3) is 5.91 Å². The number of anilines is 1. The minimum atomic E-state index is -0.926. The van der Waals surface area contributed by atoms with Crippen LogP contribution in [-0.2, 0) is 20.1 Å². The van der Waals surface area contributed by atoms with E-state index in [9.17, 15) is 14.4 Å². The Balaban J connectivity index is 1.77. The van der Waals surface area contributed by atoms with Gasteiger partial charge in [-0.2, -0.15) is 0 Å². The summed E-state index contributed by atoms with van der Waals surface area (Å²) in [6.07, 6.45) is -0.926. The smallest absolute Gasteiger partial charge is 0.316 e. The van der Waals surface area contributed by atoms with Crippen LogP contribution in [0.3, 0.4) is 0 Å². The molecule has 1 atom stereocenters. The number of thioether (sulfide) groups is 1. The van der Waals surface area contributed by atoms with E-state index in [-0.39, 0.29) is 11.5 Å². The molecule has 27 heavy (non-hydrogen) atoms. The molecule has 2 rings (SSSR count). The maximum absolute atomic E-state index is 12.1. The number of rotatable bonds is 8. The highest BCUT2D eigenvalue weighted by atomic mass is 32.2. The van der Waals surface area contributed by atoms with Gasteiger partial charge in [-0.15, -0.1) is 11.8 Å². The average Bonchev–Trinajstić information content (AvgIpc) is 2.94. The van der Waals surface area contributed by atoms with Gasteiger partial charge in [-0.05, 0) is 52.0 Å². The molecule has 1 N–H and O–H groups in total. The second-order valence-corrected chi connectivity index (χ2v) is 7.04. The molecule has 1 amide bonds. The second kappa shape index (κ2) is 9.36. The minimum Gasteiger partial charge on any atom is -0.452 e. The van der Waals surface area contributed by atoms with Crippen LogP contribution in [0.2, 0.25) is 0 Å². The number of nitrogens with one attached hydrogen (secondary N) is 1. The van der Waals surface area contributed by atoms with E-state index >= 15 is 0 Å². The lowest BCUT2D eigenvalue weighted by Crippen LogP contribution is -2.30. The molecule has 0 saturated carbocycles. The summed E-state index contributed by atoms with van der Waals surface area (Å²) in [5.74, 6) is 0.478. The van der Waals surface area contributed by atoms with Crippen LogP contribution in [0, 0.1) is 13.8 Å². The monoisotopic (exact) mass is 390 g/mol. The summed E-state index contributed by atoms with van der Waals surface area (Å²) < 4.78 is 10.2. The van der Waals surface area contributed by atoms with Crippen molar-refractivity contribution in [2.24, 2.45) is 0 Å². The van der Waals surface area contributed by atoms with Crippen molar-refractivity contribution in [3.63, 3.8) is 0 Å². The predicted molar refractivity (Wildman–Crippen MR) is 103 cm³/mol. The first-order chi connectivity index (χ1) is 12.8. The number of benzene rings is 1. The Hall–Kier alpha value is -2.61. The van der Waals surface area contributed by atoms with Gasteiger partial charge in [0.15, 0.2) is 11.9 Å².